The lowest BCUT2D eigenvalue weighted by molar-refractivity contribution is -0.140. The van der Waals surface area contributed by atoms with Gasteiger partial charge in [0.05, 0.1) is 0 Å². The molecule has 2 heterocycles. The molecule has 2 fully saturated rings. The van der Waals surface area contributed by atoms with Gasteiger partial charge < -0.3 is 9.80 Å². The van der Waals surface area contributed by atoms with Gasteiger partial charge in [0.1, 0.15) is 6.54 Å². The Balaban J connectivity index is 1.29. The molecule has 0 radical (unpaired) electrons. The summed E-state index contributed by atoms with van der Waals surface area (Å²) in [6, 6.07) is 8.09. The van der Waals surface area contributed by atoms with Crippen molar-refractivity contribution in [1.29, 1.82) is 0 Å². The Morgan fingerprint density at radius 1 is 1.07 bits per heavy atom. The standard InChI is InChI=1S/C19H24N6O2/c1-14-4-2-3-5-16(14)12-17-20-22-25(21-17)13-18(26)23-8-10-24(11-9-23)19(27)15-6-7-15/h2-5,15H,6-13H2,1H3. The highest BCUT2D eigenvalue weighted by Gasteiger charge is 2.35. The van der Waals surface area contributed by atoms with Crippen LogP contribution in [0, 0.1) is 12.8 Å². The number of tetrazole rings is 1. The molecule has 2 aromatic rings. The summed E-state index contributed by atoms with van der Waals surface area (Å²) in [6.07, 6.45) is 2.63. The van der Waals surface area contributed by atoms with Crippen LogP contribution in [0.3, 0.4) is 0 Å². The SMILES string of the molecule is Cc1ccccc1Cc1nnn(CC(=O)N2CCN(C(=O)C3CC3)CC2)n1. The molecular formula is C19H24N6O2. The smallest absolute Gasteiger partial charge is 0.246 e. The molecule has 27 heavy (non-hydrogen) atoms. The molecule has 1 saturated carbocycles. The topological polar surface area (TPSA) is 84.2 Å². The molecule has 0 N–H and O–H groups in total. The van der Waals surface area contributed by atoms with Crippen molar-refractivity contribution < 1.29 is 9.59 Å². The predicted molar refractivity (Wildman–Crippen MR) is 97.7 cm³/mol. The molecule has 8 heteroatoms. The van der Waals surface area contributed by atoms with Crippen LogP contribution in [0.15, 0.2) is 24.3 Å². The van der Waals surface area contributed by atoms with Crippen LogP contribution in [-0.2, 0) is 22.6 Å². The van der Waals surface area contributed by atoms with Crippen LogP contribution < -0.4 is 0 Å². The highest BCUT2D eigenvalue weighted by Crippen LogP contribution is 2.31. The first-order valence-electron chi connectivity index (χ1n) is 9.48. The largest absolute Gasteiger partial charge is 0.339 e. The van der Waals surface area contributed by atoms with E-state index in [0.29, 0.717) is 38.4 Å². The van der Waals surface area contributed by atoms with E-state index in [9.17, 15) is 9.59 Å². The summed E-state index contributed by atoms with van der Waals surface area (Å²) in [5.74, 6) is 1.06. The average molecular weight is 368 g/mol. The molecule has 1 aliphatic carbocycles. The summed E-state index contributed by atoms with van der Waals surface area (Å²) in [6.45, 7) is 4.51. The number of rotatable bonds is 5. The van der Waals surface area contributed by atoms with Gasteiger partial charge in [0.15, 0.2) is 5.82 Å². The van der Waals surface area contributed by atoms with Crippen LogP contribution >= 0.6 is 0 Å². The molecule has 0 bridgehead atoms. The summed E-state index contributed by atoms with van der Waals surface area (Å²) in [5.41, 5.74) is 2.34. The Morgan fingerprint density at radius 2 is 1.78 bits per heavy atom. The van der Waals surface area contributed by atoms with Crippen molar-refractivity contribution in [2.75, 3.05) is 26.2 Å². The summed E-state index contributed by atoms with van der Waals surface area (Å²) >= 11 is 0. The monoisotopic (exact) mass is 368 g/mol. The zero-order chi connectivity index (χ0) is 18.8. The van der Waals surface area contributed by atoms with Crippen LogP contribution in [-0.4, -0.2) is 68.0 Å². The second kappa shape index (κ2) is 7.46. The lowest BCUT2D eigenvalue weighted by atomic mass is 10.1. The number of amides is 2. The van der Waals surface area contributed by atoms with Gasteiger partial charge in [-0.05, 0) is 36.1 Å². The van der Waals surface area contributed by atoms with Gasteiger partial charge >= 0.3 is 0 Å². The second-order valence-electron chi connectivity index (χ2n) is 7.32. The van der Waals surface area contributed by atoms with E-state index in [1.54, 1.807) is 4.90 Å². The third kappa shape index (κ3) is 4.15. The fraction of sp³-hybridized carbons (Fsp3) is 0.526. The van der Waals surface area contributed by atoms with Gasteiger partial charge in [-0.2, -0.15) is 4.80 Å². The molecular weight excluding hydrogens is 344 g/mol. The number of aromatic nitrogens is 4. The third-order valence-electron chi connectivity index (χ3n) is 5.25. The molecule has 1 aromatic carbocycles. The van der Waals surface area contributed by atoms with Crippen molar-refractivity contribution in [3.63, 3.8) is 0 Å². The minimum absolute atomic E-state index is 0.0339. The van der Waals surface area contributed by atoms with E-state index in [4.69, 9.17) is 0 Å². The van der Waals surface area contributed by atoms with E-state index in [1.807, 2.05) is 23.1 Å². The van der Waals surface area contributed by atoms with E-state index in [1.165, 1.54) is 10.4 Å². The molecule has 1 aliphatic heterocycles. The molecule has 4 rings (SSSR count). The van der Waals surface area contributed by atoms with E-state index in [0.717, 1.165) is 18.4 Å². The quantitative estimate of drug-likeness (QED) is 0.774. The van der Waals surface area contributed by atoms with E-state index < -0.39 is 0 Å². The Hall–Kier alpha value is -2.77. The van der Waals surface area contributed by atoms with Crippen LogP contribution in [0.25, 0.3) is 0 Å². The average Bonchev–Trinajstić information content (AvgIpc) is 3.44. The number of carbonyl (C=O) groups excluding carboxylic acids is 2. The van der Waals surface area contributed by atoms with E-state index >= 15 is 0 Å². The second-order valence-corrected chi connectivity index (χ2v) is 7.32. The first kappa shape index (κ1) is 17.6. The van der Waals surface area contributed by atoms with Crippen molar-refractivity contribution in [2.45, 2.75) is 32.7 Å². The first-order valence-corrected chi connectivity index (χ1v) is 9.48. The van der Waals surface area contributed by atoms with Gasteiger partial charge in [-0.3, -0.25) is 9.59 Å². The number of hydrogen-bond donors (Lipinski definition) is 0. The lowest BCUT2D eigenvalue weighted by Crippen LogP contribution is -2.51. The molecule has 1 aromatic heterocycles. The summed E-state index contributed by atoms with van der Waals surface area (Å²) < 4.78 is 0. The maximum atomic E-state index is 12.5. The van der Waals surface area contributed by atoms with Crippen LogP contribution in [0.5, 0.6) is 0 Å². The maximum absolute atomic E-state index is 12.5. The molecule has 0 atom stereocenters. The van der Waals surface area contributed by atoms with Crippen molar-refractivity contribution in [1.82, 2.24) is 30.0 Å². The number of benzene rings is 1. The minimum Gasteiger partial charge on any atom is -0.339 e. The number of piperazine rings is 1. The zero-order valence-electron chi connectivity index (χ0n) is 15.5. The molecule has 0 spiro atoms. The summed E-state index contributed by atoms with van der Waals surface area (Å²) in [4.78, 5) is 29.6. The summed E-state index contributed by atoms with van der Waals surface area (Å²) in [5, 5.41) is 12.4. The third-order valence-corrected chi connectivity index (χ3v) is 5.25. The molecule has 2 amide bonds. The number of nitrogens with zero attached hydrogens (tertiary/aromatic N) is 6. The van der Waals surface area contributed by atoms with E-state index in [2.05, 4.69) is 28.4 Å². The Labute approximate surface area is 158 Å². The maximum Gasteiger partial charge on any atom is 0.246 e. The molecule has 142 valence electrons. The van der Waals surface area contributed by atoms with Crippen molar-refractivity contribution in [3.8, 4) is 0 Å². The van der Waals surface area contributed by atoms with E-state index in [-0.39, 0.29) is 24.3 Å². The van der Waals surface area contributed by atoms with Crippen LogP contribution in [0.1, 0.15) is 29.8 Å². The molecule has 2 aliphatic rings. The van der Waals surface area contributed by atoms with Crippen molar-refractivity contribution >= 4 is 11.8 Å². The number of aryl methyl sites for hydroxylation is 1. The minimum atomic E-state index is -0.0339. The highest BCUT2D eigenvalue weighted by atomic mass is 16.2. The van der Waals surface area contributed by atoms with Crippen molar-refractivity contribution in [2.24, 2.45) is 5.92 Å². The normalized spacial score (nSPS) is 17.2. The molecule has 8 nitrogen and oxygen atoms in total. The van der Waals surface area contributed by atoms with Gasteiger partial charge in [-0.25, -0.2) is 0 Å². The van der Waals surface area contributed by atoms with Crippen molar-refractivity contribution in [3.05, 3.63) is 41.2 Å². The van der Waals surface area contributed by atoms with Gasteiger partial charge in [-0.15, -0.1) is 10.2 Å². The number of hydrogen-bond acceptors (Lipinski definition) is 5. The zero-order valence-corrected chi connectivity index (χ0v) is 15.5. The predicted octanol–water partition coefficient (Wildman–Crippen LogP) is 0.653. The molecule has 1 saturated heterocycles. The fourth-order valence-electron chi connectivity index (χ4n) is 3.38. The Morgan fingerprint density at radius 3 is 2.48 bits per heavy atom. The Bertz CT molecular complexity index is 836. The van der Waals surface area contributed by atoms with Gasteiger partial charge in [0.2, 0.25) is 11.8 Å². The first-order chi connectivity index (χ1) is 13.1. The van der Waals surface area contributed by atoms with Gasteiger partial charge in [-0.1, -0.05) is 24.3 Å². The number of carbonyl (C=O) groups is 2. The van der Waals surface area contributed by atoms with Crippen LogP contribution in [0.2, 0.25) is 0 Å². The van der Waals surface area contributed by atoms with Crippen LogP contribution in [0.4, 0.5) is 0 Å². The van der Waals surface area contributed by atoms with Gasteiger partial charge in [0.25, 0.3) is 0 Å². The molecule has 0 unspecified atom stereocenters. The fourth-order valence-corrected chi connectivity index (χ4v) is 3.38. The lowest BCUT2D eigenvalue weighted by Gasteiger charge is -2.34. The summed E-state index contributed by atoms with van der Waals surface area (Å²) in [7, 11) is 0. The van der Waals surface area contributed by atoms with Gasteiger partial charge in [0, 0.05) is 38.5 Å². The highest BCUT2D eigenvalue weighted by molar-refractivity contribution is 5.81. The Kier molecular flexibility index (Phi) is 4.87.